The average Bonchev–Trinajstić information content (AvgIpc) is 2.96. The van der Waals surface area contributed by atoms with Crippen molar-refractivity contribution in [2.45, 2.75) is 6.54 Å². The second-order valence-corrected chi connectivity index (χ2v) is 5.31. The Hall–Kier alpha value is -2.40. The summed E-state index contributed by atoms with van der Waals surface area (Å²) >= 11 is 1.50. The molecule has 3 rings (SSSR count). The van der Waals surface area contributed by atoms with Crippen LogP contribution < -0.4 is 5.56 Å². The van der Waals surface area contributed by atoms with E-state index >= 15 is 0 Å². The van der Waals surface area contributed by atoms with Crippen LogP contribution in [0.5, 0.6) is 5.75 Å². The number of hydrogen-bond donors (Lipinski definition) is 1. The summed E-state index contributed by atoms with van der Waals surface area (Å²) in [5.41, 5.74) is 2.58. The number of thiazole rings is 1. The smallest absolute Gasteiger partial charge is 0.262 e. The monoisotopic (exact) mass is 284 g/mol. The van der Waals surface area contributed by atoms with Crippen LogP contribution >= 0.6 is 11.3 Å². The summed E-state index contributed by atoms with van der Waals surface area (Å²) < 4.78 is 1.58. The van der Waals surface area contributed by atoms with Gasteiger partial charge in [0, 0.05) is 17.3 Å². The van der Waals surface area contributed by atoms with Crippen LogP contribution in [0.1, 0.15) is 4.88 Å². The Bertz CT molecular complexity index is 764. The third-order valence-corrected chi connectivity index (χ3v) is 3.78. The predicted molar refractivity (Wildman–Crippen MR) is 79.0 cm³/mol. The zero-order valence-electron chi connectivity index (χ0n) is 10.6. The molecule has 0 aliphatic carbocycles. The first-order valence-corrected chi connectivity index (χ1v) is 6.99. The summed E-state index contributed by atoms with van der Waals surface area (Å²) in [5, 5.41) is 9.97. The molecule has 2 heterocycles. The Kier molecular flexibility index (Phi) is 3.35. The van der Waals surface area contributed by atoms with Gasteiger partial charge in [-0.1, -0.05) is 30.3 Å². The Labute approximate surface area is 119 Å². The van der Waals surface area contributed by atoms with Crippen LogP contribution in [-0.2, 0) is 6.54 Å². The van der Waals surface area contributed by atoms with Gasteiger partial charge in [0.05, 0.1) is 17.6 Å². The van der Waals surface area contributed by atoms with Crippen molar-refractivity contribution in [2.24, 2.45) is 0 Å². The fourth-order valence-electron chi connectivity index (χ4n) is 2.05. The van der Waals surface area contributed by atoms with E-state index in [9.17, 15) is 9.90 Å². The molecule has 2 aromatic heterocycles. The largest absolute Gasteiger partial charge is 0.507 e. The summed E-state index contributed by atoms with van der Waals surface area (Å²) in [6, 6.07) is 10.7. The number of nitrogens with zero attached hydrogens (tertiary/aromatic N) is 2. The summed E-state index contributed by atoms with van der Waals surface area (Å²) in [6.07, 6.45) is 3.34. The second-order valence-electron chi connectivity index (χ2n) is 4.34. The van der Waals surface area contributed by atoms with Crippen LogP contribution in [0.15, 0.2) is 59.1 Å². The summed E-state index contributed by atoms with van der Waals surface area (Å²) in [7, 11) is 0. The molecule has 0 atom stereocenters. The lowest BCUT2D eigenvalue weighted by atomic mass is 10.1. The SMILES string of the molecule is O=c1c(-c2ccccc2)c(O)ccn1Cc1cncs1. The van der Waals surface area contributed by atoms with Crippen LogP contribution in [-0.4, -0.2) is 14.7 Å². The van der Waals surface area contributed by atoms with E-state index in [4.69, 9.17) is 0 Å². The Morgan fingerprint density at radius 2 is 2.00 bits per heavy atom. The van der Waals surface area contributed by atoms with Crippen LogP contribution in [0.25, 0.3) is 11.1 Å². The lowest BCUT2D eigenvalue weighted by Crippen LogP contribution is -2.21. The fourth-order valence-corrected chi connectivity index (χ4v) is 2.65. The first kappa shape index (κ1) is 12.6. The molecule has 4 nitrogen and oxygen atoms in total. The topological polar surface area (TPSA) is 55.1 Å². The molecule has 5 heteroatoms. The molecule has 1 N–H and O–H groups in total. The van der Waals surface area contributed by atoms with Gasteiger partial charge in [-0.15, -0.1) is 11.3 Å². The summed E-state index contributed by atoms with van der Waals surface area (Å²) in [5.74, 6) is 0.00162. The van der Waals surface area contributed by atoms with Crippen LogP contribution in [0.2, 0.25) is 0 Å². The van der Waals surface area contributed by atoms with Crippen molar-refractivity contribution in [2.75, 3.05) is 0 Å². The van der Waals surface area contributed by atoms with Gasteiger partial charge in [0.15, 0.2) is 0 Å². The maximum absolute atomic E-state index is 12.5. The number of benzene rings is 1. The number of aromatic hydroxyl groups is 1. The van der Waals surface area contributed by atoms with Crippen molar-refractivity contribution in [1.29, 1.82) is 0 Å². The summed E-state index contributed by atoms with van der Waals surface area (Å²) in [6.45, 7) is 0.462. The van der Waals surface area contributed by atoms with Gasteiger partial charge in [0.25, 0.3) is 5.56 Å². The van der Waals surface area contributed by atoms with Crippen molar-refractivity contribution >= 4 is 11.3 Å². The molecule has 3 aromatic rings. The van der Waals surface area contributed by atoms with Gasteiger partial charge in [-0.3, -0.25) is 9.78 Å². The zero-order chi connectivity index (χ0) is 13.9. The van der Waals surface area contributed by atoms with Crippen molar-refractivity contribution in [3.05, 3.63) is 69.5 Å². The van der Waals surface area contributed by atoms with Gasteiger partial charge in [0.2, 0.25) is 0 Å². The maximum Gasteiger partial charge on any atom is 0.262 e. The molecule has 1 aromatic carbocycles. The Morgan fingerprint density at radius 3 is 2.70 bits per heavy atom. The lowest BCUT2D eigenvalue weighted by molar-refractivity contribution is 0.474. The predicted octanol–water partition coefficient (Wildman–Crippen LogP) is 2.73. The van der Waals surface area contributed by atoms with Gasteiger partial charge in [-0.25, -0.2) is 0 Å². The molecule has 0 aliphatic rings. The molecule has 20 heavy (non-hydrogen) atoms. The minimum absolute atomic E-state index is 0.00162. The number of rotatable bonds is 3. The van der Waals surface area contributed by atoms with Gasteiger partial charge in [0.1, 0.15) is 5.75 Å². The molecule has 0 bridgehead atoms. The quantitative estimate of drug-likeness (QED) is 0.804. The highest BCUT2D eigenvalue weighted by Crippen LogP contribution is 2.24. The van der Waals surface area contributed by atoms with Gasteiger partial charge >= 0.3 is 0 Å². The van der Waals surface area contributed by atoms with Gasteiger partial charge in [-0.05, 0) is 11.6 Å². The van der Waals surface area contributed by atoms with E-state index in [1.807, 2.05) is 30.3 Å². The van der Waals surface area contributed by atoms with Crippen LogP contribution in [0, 0.1) is 0 Å². The molecule has 0 aliphatic heterocycles. The lowest BCUT2D eigenvalue weighted by Gasteiger charge is -2.09. The minimum atomic E-state index is -0.204. The van der Waals surface area contributed by atoms with E-state index in [2.05, 4.69) is 4.98 Å². The molecule has 0 saturated carbocycles. The minimum Gasteiger partial charge on any atom is -0.507 e. The normalized spacial score (nSPS) is 10.6. The van der Waals surface area contributed by atoms with E-state index < -0.39 is 0 Å². The van der Waals surface area contributed by atoms with Crippen molar-refractivity contribution in [3.8, 4) is 16.9 Å². The summed E-state index contributed by atoms with van der Waals surface area (Å²) in [4.78, 5) is 17.5. The van der Waals surface area contributed by atoms with Gasteiger partial charge < -0.3 is 9.67 Å². The number of hydrogen-bond acceptors (Lipinski definition) is 4. The molecule has 0 saturated heterocycles. The highest BCUT2D eigenvalue weighted by molar-refractivity contribution is 7.09. The fraction of sp³-hybridized carbons (Fsp3) is 0.0667. The van der Waals surface area contributed by atoms with Gasteiger partial charge in [-0.2, -0.15) is 0 Å². The first-order valence-electron chi connectivity index (χ1n) is 6.11. The average molecular weight is 284 g/mol. The van der Waals surface area contributed by atoms with Crippen molar-refractivity contribution in [3.63, 3.8) is 0 Å². The second kappa shape index (κ2) is 5.30. The van der Waals surface area contributed by atoms with E-state index in [-0.39, 0.29) is 11.3 Å². The highest BCUT2D eigenvalue weighted by atomic mass is 32.1. The standard InChI is InChI=1S/C15H12N2O2S/c18-13-6-7-17(9-12-8-16-10-20-12)15(19)14(13)11-4-2-1-3-5-11/h1-8,10,18H,9H2. The first-order chi connectivity index (χ1) is 9.75. The highest BCUT2D eigenvalue weighted by Gasteiger charge is 2.12. The van der Waals surface area contributed by atoms with E-state index in [0.717, 1.165) is 4.88 Å². The number of aromatic nitrogens is 2. The van der Waals surface area contributed by atoms with Crippen molar-refractivity contribution in [1.82, 2.24) is 9.55 Å². The van der Waals surface area contributed by atoms with Crippen LogP contribution in [0.3, 0.4) is 0 Å². The molecular weight excluding hydrogens is 272 g/mol. The third-order valence-electron chi connectivity index (χ3n) is 3.02. The molecule has 100 valence electrons. The van der Waals surface area contributed by atoms with E-state index in [1.54, 1.807) is 28.5 Å². The molecule has 0 amide bonds. The zero-order valence-corrected chi connectivity index (χ0v) is 11.4. The molecular formula is C15H12N2O2S. The third kappa shape index (κ3) is 2.35. The molecule has 0 fully saturated rings. The van der Waals surface area contributed by atoms with Crippen LogP contribution in [0.4, 0.5) is 0 Å². The van der Waals surface area contributed by atoms with E-state index in [1.165, 1.54) is 11.3 Å². The molecule has 0 radical (unpaired) electrons. The Balaban J connectivity index is 2.09. The number of pyridine rings is 1. The molecule has 0 unspecified atom stereocenters. The van der Waals surface area contributed by atoms with E-state index in [0.29, 0.717) is 17.7 Å². The Morgan fingerprint density at radius 1 is 1.20 bits per heavy atom. The van der Waals surface area contributed by atoms with Crippen molar-refractivity contribution < 1.29 is 5.11 Å². The molecule has 0 spiro atoms. The maximum atomic E-state index is 12.5.